The summed E-state index contributed by atoms with van der Waals surface area (Å²) in [4.78, 5) is 0. The van der Waals surface area contributed by atoms with Crippen molar-refractivity contribution in [2.45, 2.75) is 26.3 Å². The Morgan fingerprint density at radius 1 is 1.50 bits per heavy atom. The summed E-state index contributed by atoms with van der Waals surface area (Å²) < 4.78 is 12.8. The molecule has 1 atom stereocenters. The third-order valence-electron chi connectivity index (χ3n) is 2.13. The van der Waals surface area contributed by atoms with E-state index in [-0.39, 0.29) is 11.9 Å². The van der Waals surface area contributed by atoms with Gasteiger partial charge in [-0.05, 0) is 37.6 Å². The van der Waals surface area contributed by atoms with Gasteiger partial charge in [-0.25, -0.2) is 4.39 Å². The third-order valence-corrected chi connectivity index (χ3v) is 2.46. The monoisotopic (exact) mass is 215 g/mol. The molecule has 1 nitrogen and oxygen atoms in total. The van der Waals surface area contributed by atoms with Gasteiger partial charge in [0.25, 0.3) is 0 Å². The summed E-state index contributed by atoms with van der Waals surface area (Å²) >= 11 is 5.92. The highest BCUT2D eigenvalue weighted by molar-refractivity contribution is 6.31. The molecule has 0 aliphatic carbocycles. The van der Waals surface area contributed by atoms with Crippen LogP contribution in [0.4, 0.5) is 4.39 Å². The highest BCUT2D eigenvalue weighted by atomic mass is 35.5. The molecule has 0 fully saturated rings. The lowest BCUT2D eigenvalue weighted by atomic mass is 10.1. The van der Waals surface area contributed by atoms with Gasteiger partial charge in [-0.3, -0.25) is 0 Å². The first-order valence-corrected chi connectivity index (χ1v) is 5.21. The zero-order valence-electron chi connectivity index (χ0n) is 8.48. The molecule has 0 amide bonds. The van der Waals surface area contributed by atoms with Crippen LogP contribution < -0.4 is 5.32 Å². The Hall–Kier alpha value is -0.600. The number of hydrogen-bond acceptors (Lipinski definition) is 1. The summed E-state index contributed by atoms with van der Waals surface area (Å²) in [6.07, 6.45) is 1.07. The molecule has 14 heavy (non-hydrogen) atoms. The van der Waals surface area contributed by atoms with E-state index in [0.717, 1.165) is 18.5 Å². The van der Waals surface area contributed by atoms with Crippen molar-refractivity contribution in [3.05, 3.63) is 34.6 Å². The van der Waals surface area contributed by atoms with Gasteiger partial charge >= 0.3 is 0 Å². The minimum absolute atomic E-state index is 0.169. The molecular weight excluding hydrogens is 201 g/mol. The molecule has 3 heteroatoms. The Labute approximate surface area is 89.3 Å². The van der Waals surface area contributed by atoms with Crippen molar-refractivity contribution < 1.29 is 4.39 Å². The minimum Gasteiger partial charge on any atom is -0.310 e. The van der Waals surface area contributed by atoms with Crippen molar-refractivity contribution in [3.63, 3.8) is 0 Å². The average molecular weight is 216 g/mol. The van der Waals surface area contributed by atoms with E-state index < -0.39 is 0 Å². The number of hydrogen-bond donors (Lipinski definition) is 1. The zero-order valence-corrected chi connectivity index (χ0v) is 9.24. The summed E-state index contributed by atoms with van der Waals surface area (Å²) in [5, 5.41) is 3.79. The molecule has 0 aliphatic heterocycles. The van der Waals surface area contributed by atoms with Gasteiger partial charge in [0.1, 0.15) is 5.82 Å². The maximum absolute atomic E-state index is 12.8. The molecule has 0 spiro atoms. The smallest absolute Gasteiger partial charge is 0.124 e. The molecule has 0 radical (unpaired) electrons. The topological polar surface area (TPSA) is 12.0 Å². The van der Waals surface area contributed by atoms with Crippen molar-refractivity contribution >= 4 is 11.6 Å². The molecule has 0 bridgehead atoms. The van der Waals surface area contributed by atoms with Gasteiger partial charge < -0.3 is 5.32 Å². The summed E-state index contributed by atoms with van der Waals surface area (Å²) in [7, 11) is 0. The largest absolute Gasteiger partial charge is 0.310 e. The van der Waals surface area contributed by atoms with E-state index >= 15 is 0 Å². The van der Waals surface area contributed by atoms with Crippen LogP contribution in [0.5, 0.6) is 0 Å². The molecule has 1 aromatic carbocycles. The lowest BCUT2D eigenvalue weighted by Crippen LogP contribution is -2.19. The van der Waals surface area contributed by atoms with Crippen LogP contribution in [0, 0.1) is 5.82 Å². The van der Waals surface area contributed by atoms with Crippen LogP contribution in [0.3, 0.4) is 0 Å². The van der Waals surface area contributed by atoms with E-state index in [1.807, 2.05) is 6.92 Å². The predicted octanol–water partition coefficient (Wildman–Crippen LogP) is 3.54. The van der Waals surface area contributed by atoms with Crippen molar-refractivity contribution in [1.29, 1.82) is 0 Å². The van der Waals surface area contributed by atoms with Crippen molar-refractivity contribution in [1.82, 2.24) is 5.32 Å². The van der Waals surface area contributed by atoms with Crippen LogP contribution in [-0.2, 0) is 0 Å². The maximum Gasteiger partial charge on any atom is 0.124 e. The Kier molecular flexibility index (Phi) is 4.36. The first kappa shape index (κ1) is 11.5. The van der Waals surface area contributed by atoms with Crippen LogP contribution in [0.25, 0.3) is 0 Å². The molecule has 0 aliphatic rings. The molecule has 1 aromatic rings. The summed E-state index contributed by atoms with van der Waals surface area (Å²) in [5.41, 5.74) is 0.946. The van der Waals surface area contributed by atoms with Gasteiger partial charge in [-0.2, -0.15) is 0 Å². The quantitative estimate of drug-likeness (QED) is 0.810. The van der Waals surface area contributed by atoms with Gasteiger partial charge in [-0.15, -0.1) is 0 Å². The second-order valence-electron chi connectivity index (χ2n) is 3.34. The fourth-order valence-corrected chi connectivity index (χ4v) is 1.65. The van der Waals surface area contributed by atoms with Gasteiger partial charge in [-0.1, -0.05) is 24.6 Å². The standard InChI is InChI=1S/C11H15ClFN/c1-3-6-14-8(2)10-5-4-9(13)7-11(10)12/h4-5,7-8,14H,3,6H2,1-2H3. The number of rotatable bonds is 4. The summed E-state index contributed by atoms with van der Waals surface area (Å²) in [6, 6.07) is 4.68. The molecule has 78 valence electrons. The van der Waals surface area contributed by atoms with Crippen LogP contribution in [-0.4, -0.2) is 6.54 Å². The second-order valence-corrected chi connectivity index (χ2v) is 3.75. The number of halogens is 2. The van der Waals surface area contributed by atoms with E-state index in [9.17, 15) is 4.39 Å². The average Bonchev–Trinajstić information content (AvgIpc) is 2.14. The van der Waals surface area contributed by atoms with Gasteiger partial charge in [0.15, 0.2) is 0 Å². The van der Waals surface area contributed by atoms with E-state index in [0.29, 0.717) is 5.02 Å². The van der Waals surface area contributed by atoms with Gasteiger partial charge in [0, 0.05) is 11.1 Å². The Morgan fingerprint density at radius 2 is 2.21 bits per heavy atom. The van der Waals surface area contributed by atoms with Gasteiger partial charge in [0.05, 0.1) is 0 Å². The van der Waals surface area contributed by atoms with Gasteiger partial charge in [0.2, 0.25) is 0 Å². The van der Waals surface area contributed by atoms with Crippen molar-refractivity contribution in [2.24, 2.45) is 0 Å². The fraction of sp³-hybridized carbons (Fsp3) is 0.455. The molecule has 0 saturated carbocycles. The second kappa shape index (κ2) is 5.32. The Bertz CT molecular complexity index is 301. The lowest BCUT2D eigenvalue weighted by molar-refractivity contribution is 0.568. The lowest BCUT2D eigenvalue weighted by Gasteiger charge is -2.14. The highest BCUT2D eigenvalue weighted by Gasteiger charge is 2.08. The van der Waals surface area contributed by atoms with Crippen molar-refractivity contribution in [3.8, 4) is 0 Å². The number of benzene rings is 1. The fourth-order valence-electron chi connectivity index (χ4n) is 1.32. The van der Waals surface area contributed by atoms with Crippen LogP contribution >= 0.6 is 11.6 Å². The highest BCUT2D eigenvalue weighted by Crippen LogP contribution is 2.23. The first-order valence-electron chi connectivity index (χ1n) is 4.83. The molecular formula is C11H15ClFN. The van der Waals surface area contributed by atoms with E-state index in [1.165, 1.54) is 12.1 Å². The summed E-state index contributed by atoms with van der Waals surface area (Å²) in [5.74, 6) is -0.290. The Morgan fingerprint density at radius 3 is 2.79 bits per heavy atom. The molecule has 1 rings (SSSR count). The first-order chi connectivity index (χ1) is 6.65. The number of nitrogens with one attached hydrogen (secondary N) is 1. The molecule has 0 aromatic heterocycles. The van der Waals surface area contributed by atoms with Crippen LogP contribution in [0.1, 0.15) is 31.9 Å². The van der Waals surface area contributed by atoms with E-state index in [2.05, 4.69) is 12.2 Å². The SMILES string of the molecule is CCCNC(C)c1ccc(F)cc1Cl. The van der Waals surface area contributed by atoms with Crippen molar-refractivity contribution in [2.75, 3.05) is 6.54 Å². The molecule has 0 saturated heterocycles. The molecule has 0 heterocycles. The Balaban J connectivity index is 2.74. The minimum atomic E-state index is -0.290. The van der Waals surface area contributed by atoms with Crippen LogP contribution in [0.15, 0.2) is 18.2 Å². The van der Waals surface area contributed by atoms with Crippen LogP contribution in [0.2, 0.25) is 5.02 Å². The molecule has 1 unspecified atom stereocenters. The third kappa shape index (κ3) is 2.96. The van der Waals surface area contributed by atoms with E-state index in [4.69, 9.17) is 11.6 Å². The predicted molar refractivity (Wildman–Crippen MR) is 58.1 cm³/mol. The molecule has 1 N–H and O–H groups in total. The summed E-state index contributed by atoms with van der Waals surface area (Å²) in [6.45, 7) is 5.07. The maximum atomic E-state index is 12.8. The normalized spacial score (nSPS) is 12.9. The van der Waals surface area contributed by atoms with E-state index in [1.54, 1.807) is 6.07 Å². The zero-order chi connectivity index (χ0) is 10.6.